The molecule has 1 N–H and O–H groups in total. The molecule has 1 aliphatic heterocycles. The van der Waals surface area contributed by atoms with Gasteiger partial charge in [0.2, 0.25) is 10.0 Å². The number of rotatable bonds is 3. The van der Waals surface area contributed by atoms with Crippen LogP contribution in [-0.4, -0.2) is 30.9 Å². The molecule has 0 spiro atoms. The van der Waals surface area contributed by atoms with Crippen molar-refractivity contribution in [1.29, 1.82) is 0 Å². The van der Waals surface area contributed by atoms with Crippen molar-refractivity contribution >= 4 is 10.0 Å². The van der Waals surface area contributed by atoms with Gasteiger partial charge >= 0.3 is 0 Å². The maximum Gasteiger partial charge on any atom is 0.243 e. The number of aryl methyl sites for hydroxylation is 2. The second kappa shape index (κ2) is 6.07. The average Bonchev–Trinajstić information content (AvgIpc) is 2.37. The lowest BCUT2D eigenvalue weighted by molar-refractivity contribution is 0.222. The van der Waals surface area contributed by atoms with E-state index >= 15 is 0 Å². The van der Waals surface area contributed by atoms with E-state index in [2.05, 4.69) is 13.8 Å². The van der Waals surface area contributed by atoms with Crippen LogP contribution in [0.4, 0.5) is 0 Å². The van der Waals surface area contributed by atoms with Gasteiger partial charge in [0, 0.05) is 13.1 Å². The lowest BCUT2D eigenvalue weighted by Gasteiger charge is -2.34. The van der Waals surface area contributed by atoms with Crippen molar-refractivity contribution in [2.24, 2.45) is 11.8 Å². The Hall–Kier alpha value is -0.910. The molecule has 2 rings (SSSR count). The van der Waals surface area contributed by atoms with E-state index in [-0.39, 0.29) is 6.61 Å². The van der Waals surface area contributed by atoms with Crippen molar-refractivity contribution in [3.63, 3.8) is 0 Å². The highest BCUT2D eigenvalue weighted by Crippen LogP contribution is 2.29. The predicted octanol–water partition coefficient (Wildman–Crippen LogP) is 2.46. The highest BCUT2D eigenvalue weighted by atomic mass is 32.2. The quantitative estimate of drug-likeness (QED) is 0.933. The van der Waals surface area contributed by atoms with E-state index < -0.39 is 10.0 Å². The summed E-state index contributed by atoms with van der Waals surface area (Å²) in [6.07, 6.45) is 1.07. The zero-order chi connectivity index (χ0) is 15.8. The lowest BCUT2D eigenvalue weighted by Crippen LogP contribution is -2.42. The van der Waals surface area contributed by atoms with E-state index in [0.29, 0.717) is 35.4 Å². The van der Waals surface area contributed by atoms with Crippen molar-refractivity contribution in [3.8, 4) is 0 Å². The van der Waals surface area contributed by atoms with Crippen molar-refractivity contribution in [1.82, 2.24) is 4.31 Å². The van der Waals surface area contributed by atoms with Gasteiger partial charge in [0.15, 0.2) is 0 Å². The summed E-state index contributed by atoms with van der Waals surface area (Å²) in [4.78, 5) is 0.332. The smallest absolute Gasteiger partial charge is 0.243 e. The molecule has 0 saturated carbocycles. The molecule has 1 aromatic carbocycles. The van der Waals surface area contributed by atoms with Gasteiger partial charge < -0.3 is 5.11 Å². The minimum absolute atomic E-state index is 0.137. The van der Waals surface area contributed by atoms with Gasteiger partial charge in [0.25, 0.3) is 0 Å². The van der Waals surface area contributed by atoms with Crippen LogP contribution >= 0.6 is 0 Å². The van der Waals surface area contributed by atoms with Gasteiger partial charge in [0.05, 0.1) is 11.5 Å². The molecule has 118 valence electrons. The van der Waals surface area contributed by atoms with Gasteiger partial charge in [-0.3, -0.25) is 0 Å². The van der Waals surface area contributed by atoms with Crippen LogP contribution in [0.25, 0.3) is 0 Å². The Morgan fingerprint density at radius 3 is 2.24 bits per heavy atom. The highest BCUT2D eigenvalue weighted by Gasteiger charge is 2.32. The first-order valence-corrected chi connectivity index (χ1v) is 8.90. The van der Waals surface area contributed by atoms with E-state index in [9.17, 15) is 13.5 Å². The molecule has 1 aliphatic rings. The van der Waals surface area contributed by atoms with E-state index in [1.807, 2.05) is 19.9 Å². The minimum Gasteiger partial charge on any atom is -0.392 e. The number of sulfonamides is 1. The molecule has 5 heteroatoms. The average molecular weight is 311 g/mol. The van der Waals surface area contributed by atoms with E-state index in [1.165, 1.54) is 0 Å². The van der Waals surface area contributed by atoms with Crippen LogP contribution in [-0.2, 0) is 16.6 Å². The fraction of sp³-hybridized carbons (Fsp3) is 0.625. The van der Waals surface area contributed by atoms with Crippen molar-refractivity contribution in [3.05, 3.63) is 28.8 Å². The Morgan fingerprint density at radius 2 is 1.71 bits per heavy atom. The number of piperidine rings is 1. The standard InChI is InChI=1S/C16H25NO3S/c1-11-5-12(2)9-17(8-11)21(19,20)16-7-15(10-18)13(3)6-14(16)4/h6-7,11-12,18H,5,8-10H2,1-4H3. The molecular formula is C16H25NO3S. The molecule has 0 bridgehead atoms. The van der Waals surface area contributed by atoms with E-state index in [0.717, 1.165) is 17.5 Å². The van der Waals surface area contributed by atoms with Gasteiger partial charge in [-0.25, -0.2) is 8.42 Å². The van der Waals surface area contributed by atoms with Crippen LogP contribution < -0.4 is 0 Å². The van der Waals surface area contributed by atoms with Gasteiger partial charge in [-0.05, 0) is 54.9 Å². The first kappa shape index (κ1) is 16.5. The third-order valence-electron chi connectivity index (χ3n) is 4.26. The largest absolute Gasteiger partial charge is 0.392 e. The maximum atomic E-state index is 12.9. The van der Waals surface area contributed by atoms with Gasteiger partial charge in [0.1, 0.15) is 0 Å². The van der Waals surface area contributed by atoms with E-state index in [1.54, 1.807) is 10.4 Å². The van der Waals surface area contributed by atoms with Crippen LogP contribution in [0.2, 0.25) is 0 Å². The van der Waals surface area contributed by atoms with Crippen LogP contribution in [0.1, 0.15) is 37.0 Å². The van der Waals surface area contributed by atoms with Crippen molar-refractivity contribution < 1.29 is 13.5 Å². The topological polar surface area (TPSA) is 57.6 Å². The minimum atomic E-state index is -3.49. The molecule has 0 aliphatic carbocycles. The van der Waals surface area contributed by atoms with Gasteiger partial charge in [-0.15, -0.1) is 0 Å². The third kappa shape index (κ3) is 3.30. The third-order valence-corrected chi connectivity index (χ3v) is 6.23. The molecule has 4 nitrogen and oxygen atoms in total. The summed E-state index contributed by atoms with van der Waals surface area (Å²) in [5, 5.41) is 9.39. The molecule has 1 saturated heterocycles. The van der Waals surface area contributed by atoms with Crippen LogP contribution in [0, 0.1) is 25.7 Å². The Kier molecular flexibility index (Phi) is 4.76. The van der Waals surface area contributed by atoms with Crippen LogP contribution in [0.5, 0.6) is 0 Å². The highest BCUT2D eigenvalue weighted by molar-refractivity contribution is 7.89. The number of hydrogen-bond acceptors (Lipinski definition) is 3. The molecule has 0 radical (unpaired) electrons. The number of aliphatic hydroxyl groups excluding tert-OH is 1. The maximum absolute atomic E-state index is 12.9. The summed E-state index contributed by atoms with van der Waals surface area (Å²) in [6, 6.07) is 3.47. The second-order valence-electron chi connectivity index (χ2n) is 6.47. The fourth-order valence-electron chi connectivity index (χ4n) is 3.26. The Labute approximate surface area is 127 Å². The van der Waals surface area contributed by atoms with Crippen LogP contribution in [0.3, 0.4) is 0 Å². The van der Waals surface area contributed by atoms with Crippen molar-refractivity contribution in [2.75, 3.05) is 13.1 Å². The number of aliphatic hydroxyl groups is 1. The summed E-state index contributed by atoms with van der Waals surface area (Å²) in [5.74, 6) is 0.762. The summed E-state index contributed by atoms with van der Waals surface area (Å²) >= 11 is 0. The lowest BCUT2D eigenvalue weighted by atomic mass is 9.94. The fourth-order valence-corrected chi connectivity index (χ4v) is 5.20. The molecule has 1 heterocycles. The molecule has 2 unspecified atom stereocenters. The number of benzene rings is 1. The Balaban J connectivity index is 2.44. The molecule has 2 atom stereocenters. The van der Waals surface area contributed by atoms with Gasteiger partial charge in [-0.2, -0.15) is 4.31 Å². The molecule has 1 fully saturated rings. The molecule has 21 heavy (non-hydrogen) atoms. The van der Waals surface area contributed by atoms with Crippen LogP contribution in [0.15, 0.2) is 17.0 Å². The molecular weight excluding hydrogens is 286 g/mol. The second-order valence-corrected chi connectivity index (χ2v) is 8.38. The first-order valence-electron chi connectivity index (χ1n) is 7.46. The Bertz CT molecular complexity index is 615. The number of nitrogens with zero attached hydrogens (tertiary/aromatic N) is 1. The monoisotopic (exact) mass is 311 g/mol. The normalized spacial score (nSPS) is 24.2. The first-order chi connectivity index (χ1) is 9.75. The molecule has 0 aromatic heterocycles. The summed E-state index contributed by atoms with van der Waals surface area (Å²) in [7, 11) is -3.49. The predicted molar refractivity (Wildman–Crippen MR) is 83.5 cm³/mol. The van der Waals surface area contributed by atoms with Crippen molar-refractivity contribution in [2.45, 2.75) is 45.6 Å². The zero-order valence-electron chi connectivity index (χ0n) is 13.3. The van der Waals surface area contributed by atoms with Gasteiger partial charge in [-0.1, -0.05) is 19.9 Å². The zero-order valence-corrected chi connectivity index (χ0v) is 14.1. The summed E-state index contributed by atoms with van der Waals surface area (Å²) < 4.78 is 27.4. The molecule has 1 aromatic rings. The molecule has 0 amide bonds. The number of hydrogen-bond donors (Lipinski definition) is 1. The Morgan fingerprint density at radius 1 is 1.14 bits per heavy atom. The summed E-state index contributed by atoms with van der Waals surface area (Å²) in [6.45, 7) is 8.92. The summed E-state index contributed by atoms with van der Waals surface area (Å²) in [5.41, 5.74) is 2.35. The SMILES string of the molecule is Cc1cc(C)c(S(=O)(=O)N2CC(C)CC(C)C2)cc1CO. The van der Waals surface area contributed by atoms with E-state index in [4.69, 9.17) is 0 Å².